The number of nitrogens with zero attached hydrogens (tertiary/aromatic N) is 4. The van der Waals surface area contributed by atoms with Gasteiger partial charge in [0.15, 0.2) is 0 Å². The molecule has 0 radical (unpaired) electrons. The highest BCUT2D eigenvalue weighted by molar-refractivity contribution is 5.90. The number of fused-ring (bicyclic) bond motifs is 1. The van der Waals surface area contributed by atoms with Crippen LogP contribution in [0.4, 0.5) is 18.9 Å². The van der Waals surface area contributed by atoms with Crippen molar-refractivity contribution in [3.05, 3.63) is 90.0 Å². The predicted octanol–water partition coefficient (Wildman–Crippen LogP) is 3.10. The highest BCUT2D eigenvalue weighted by Gasteiger charge is 2.42. The lowest BCUT2D eigenvalue weighted by Crippen LogP contribution is -2.23. The summed E-state index contributed by atoms with van der Waals surface area (Å²) >= 11 is 0. The van der Waals surface area contributed by atoms with E-state index in [0.717, 1.165) is 18.2 Å². The minimum Gasteiger partial charge on any atom is -0.437 e. The van der Waals surface area contributed by atoms with Crippen LogP contribution in [0.1, 0.15) is 11.6 Å². The van der Waals surface area contributed by atoms with Crippen LogP contribution in [0.3, 0.4) is 0 Å². The zero-order valence-corrected chi connectivity index (χ0v) is 13.8. The van der Waals surface area contributed by atoms with Crippen LogP contribution in [0.25, 0.3) is 0 Å². The molecule has 1 aliphatic heterocycles. The molecule has 0 amide bonds. The van der Waals surface area contributed by atoms with Crippen LogP contribution in [-0.4, -0.2) is 26.8 Å². The van der Waals surface area contributed by atoms with Gasteiger partial charge >= 0.3 is 12.2 Å². The van der Waals surface area contributed by atoms with E-state index < -0.39 is 55.9 Å². The molecule has 1 atom stereocenters. The number of alkyl halides is 3. The summed E-state index contributed by atoms with van der Waals surface area (Å²) in [5, 5.41) is 33.5. The minimum absolute atomic E-state index is 0.134. The Morgan fingerprint density at radius 1 is 1.17 bits per heavy atom. The summed E-state index contributed by atoms with van der Waals surface area (Å²) in [6.45, 7) is 0. The van der Waals surface area contributed by atoms with E-state index in [9.17, 15) is 43.5 Å². The molecule has 1 aromatic carbocycles. The van der Waals surface area contributed by atoms with E-state index in [1.165, 1.54) is 0 Å². The molecule has 11 nitrogen and oxygen atoms in total. The van der Waals surface area contributed by atoms with Crippen molar-refractivity contribution in [1.82, 2.24) is 0 Å². The Morgan fingerprint density at radius 3 is 2.41 bits per heavy atom. The lowest BCUT2D eigenvalue weighted by Gasteiger charge is -2.32. The molecular formula is C15H7F3N4O7-2. The average Bonchev–Trinajstić information content (AvgIpc) is 2.97. The Labute approximate surface area is 158 Å². The fraction of sp³-hybridized carbons (Fsp3) is 0.133. The normalized spacial score (nSPS) is 19.6. The fourth-order valence-electron chi connectivity index (χ4n) is 2.60. The van der Waals surface area contributed by atoms with E-state index in [1.54, 1.807) is 0 Å². The zero-order chi connectivity index (χ0) is 21.5. The number of hydrogen-bond donors (Lipinski definition) is 0. The van der Waals surface area contributed by atoms with Crippen LogP contribution < -0.4 is 4.74 Å². The lowest BCUT2D eigenvalue weighted by molar-refractivity contribution is -0.508. The smallest absolute Gasteiger partial charge is 0.349 e. The highest BCUT2D eigenvalue weighted by Crippen LogP contribution is 2.40. The molecule has 0 fully saturated rings. The Hall–Kier alpha value is -4.10. The maximum atomic E-state index is 12.8. The van der Waals surface area contributed by atoms with Gasteiger partial charge in [0.2, 0.25) is 0 Å². The van der Waals surface area contributed by atoms with Crippen molar-refractivity contribution in [1.29, 1.82) is 0 Å². The van der Waals surface area contributed by atoms with Gasteiger partial charge in [-0.3, -0.25) is 41.8 Å². The van der Waals surface area contributed by atoms with Crippen molar-refractivity contribution in [3.8, 4) is 5.75 Å². The van der Waals surface area contributed by atoms with Gasteiger partial charge in [-0.1, -0.05) is 5.70 Å². The van der Waals surface area contributed by atoms with Crippen molar-refractivity contribution in [2.45, 2.75) is 12.2 Å². The molecule has 0 bridgehead atoms. The third-order valence-corrected chi connectivity index (χ3v) is 3.89. The summed E-state index contributed by atoms with van der Waals surface area (Å²) < 4.78 is 43.6. The van der Waals surface area contributed by atoms with Crippen LogP contribution in [-0.2, 0) is 0 Å². The number of nitro benzene ring substituents is 1. The highest BCUT2D eigenvalue weighted by atomic mass is 19.4. The van der Waals surface area contributed by atoms with Crippen molar-refractivity contribution in [3.63, 3.8) is 0 Å². The fourth-order valence-corrected chi connectivity index (χ4v) is 2.60. The second kappa shape index (κ2) is 6.81. The standard InChI is InChI=1S/C15H7F3N4O7/c16-15(17,18)7-1-3-10(11(5-7)21(25)26)19-14-13(22(27)28)9-6-8(20(23)24)2-4-12(9)29-14/h1-6,13H/q-2. The summed E-state index contributed by atoms with van der Waals surface area (Å²) in [5.74, 6) is -0.807. The Balaban J connectivity index is 2.01. The van der Waals surface area contributed by atoms with E-state index in [0.29, 0.717) is 12.5 Å². The number of nitro groups is 3. The first kappa shape index (κ1) is 19.7. The zero-order valence-electron chi connectivity index (χ0n) is 13.8. The number of hydrogen-bond acceptors (Lipinski definition) is 8. The molecule has 0 saturated carbocycles. The lowest BCUT2D eigenvalue weighted by atomic mass is 9.99. The summed E-state index contributed by atoms with van der Waals surface area (Å²) in [4.78, 5) is 34.3. The van der Waals surface area contributed by atoms with Crippen molar-refractivity contribution in [2.75, 3.05) is 0 Å². The number of non-ortho nitro benzene ring substituents is 1. The molecule has 0 aromatic heterocycles. The Morgan fingerprint density at radius 2 is 1.86 bits per heavy atom. The van der Waals surface area contributed by atoms with Crippen molar-refractivity contribution in [2.24, 2.45) is 4.99 Å². The monoisotopic (exact) mass is 412 g/mol. The number of rotatable bonds is 4. The van der Waals surface area contributed by atoms with Gasteiger partial charge in [0, 0.05) is 17.1 Å². The number of aliphatic imine (C=N–C) groups is 1. The van der Waals surface area contributed by atoms with E-state index >= 15 is 0 Å². The van der Waals surface area contributed by atoms with Crippen LogP contribution in [0.2, 0.25) is 0 Å². The van der Waals surface area contributed by atoms with Crippen LogP contribution >= 0.6 is 0 Å². The van der Waals surface area contributed by atoms with Gasteiger partial charge in [-0.05, 0) is 11.0 Å². The number of allylic oxidation sites excluding steroid dienone is 2. The number of benzene rings is 1. The maximum Gasteiger partial charge on any atom is 0.349 e. The van der Waals surface area contributed by atoms with Gasteiger partial charge in [0.1, 0.15) is 5.75 Å². The first-order valence-electron chi connectivity index (χ1n) is 7.53. The molecule has 1 heterocycles. The van der Waals surface area contributed by atoms with Crippen LogP contribution in [0.15, 0.2) is 46.6 Å². The quantitative estimate of drug-likeness (QED) is 0.419. The Kier molecular flexibility index (Phi) is 4.62. The molecule has 152 valence electrons. The van der Waals surface area contributed by atoms with Crippen LogP contribution in [0, 0.1) is 42.8 Å². The van der Waals surface area contributed by atoms with Gasteiger partial charge in [0.25, 0.3) is 11.6 Å². The summed E-state index contributed by atoms with van der Waals surface area (Å²) in [7, 11) is 0. The molecule has 1 aliphatic carbocycles. The predicted molar refractivity (Wildman–Crippen MR) is 87.7 cm³/mol. The van der Waals surface area contributed by atoms with Gasteiger partial charge < -0.3 is 4.74 Å². The molecule has 3 rings (SSSR count). The first-order chi connectivity index (χ1) is 13.5. The molecule has 1 unspecified atom stereocenters. The van der Waals surface area contributed by atoms with Crippen LogP contribution in [0.5, 0.6) is 5.75 Å². The molecule has 14 heteroatoms. The van der Waals surface area contributed by atoms with E-state index in [-0.39, 0.29) is 17.4 Å². The van der Waals surface area contributed by atoms with E-state index in [2.05, 4.69) is 4.99 Å². The third-order valence-electron chi connectivity index (χ3n) is 3.89. The molecule has 0 spiro atoms. The maximum absolute atomic E-state index is 12.8. The second-order valence-electron chi connectivity index (χ2n) is 5.68. The largest absolute Gasteiger partial charge is 0.437 e. The van der Waals surface area contributed by atoms with E-state index in [1.807, 2.05) is 0 Å². The first-order valence-corrected chi connectivity index (χ1v) is 7.53. The molecule has 0 N–H and O–H groups in total. The van der Waals surface area contributed by atoms with E-state index in [4.69, 9.17) is 4.74 Å². The minimum atomic E-state index is -4.85. The van der Waals surface area contributed by atoms with Gasteiger partial charge in [-0.15, -0.1) is 0 Å². The third kappa shape index (κ3) is 3.67. The second-order valence-corrected chi connectivity index (χ2v) is 5.68. The summed E-state index contributed by atoms with van der Waals surface area (Å²) in [6, 6.07) is 0.145. The molecule has 0 saturated heterocycles. The Bertz CT molecular complexity index is 1020. The van der Waals surface area contributed by atoms with Gasteiger partial charge in [-0.25, -0.2) is 6.08 Å². The summed E-state index contributed by atoms with van der Waals surface area (Å²) in [5.41, 5.74) is -2.57. The van der Waals surface area contributed by atoms with Crippen molar-refractivity contribution >= 4 is 11.6 Å². The molecular weight excluding hydrogens is 405 g/mol. The average molecular weight is 412 g/mol. The topological polar surface area (TPSA) is 151 Å². The van der Waals surface area contributed by atoms with Crippen molar-refractivity contribution < 1.29 is 32.7 Å². The SMILES string of the molecule is O=[N+]([O-])c1ccc2c(c1)C([N+](=O)[O-])C(=NC1=C[CH-]C(C(F)(F)F)=C[C-]1[N+](=O)[O-])O2. The van der Waals surface area contributed by atoms with Gasteiger partial charge in [-0.2, -0.15) is 24.8 Å². The molecule has 29 heavy (non-hydrogen) atoms. The van der Waals surface area contributed by atoms with Gasteiger partial charge in [0.05, 0.1) is 16.5 Å². The molecule has 2 aliphatic rings. The number of ether oxygens (including phenoxy) is 1. The number of halogens is 3. The summed E-state index contributed by atoms with van der Waals surface area (Å²) in [6.07, 6.45) is -3.40. The molecule has 1 aromatic rings.